The Hall–Kier alpha value is -2.51. The number of carbonyl (C=O) groups is 2. The van der Waals surface area contributed by atoms with Crippen LogP contribution in [0.5, 0.6) is 0 Å². The molecule has 4 heterocycles. The molecule has 2 amide bonds. The Morgan fingerprint density at radius 3 is 2.48 bits per heavy atom. The van der Waals surface area contributed by atoms with Crippen LogP contribution >= 0.6 is 22.9 Å². The first-order valence-corrected chi connectivity index (χ1v) is 11.8. The standard InChI is InChI=1S/C23H23ClN4O2S/c1-2-17-9-16(11-20(24)26-17)22(30)28-8-6-23(13-28)5-7-27(12-23)21(29)15-3-4-18-19(10-15)31-14-25-18/h3-4,9-11,14H,2,5-8,12-13H2,1H3. The molecule has 8 heteroatoms. The van der Waals surface area contributed by atoms with Crippen molar-refractivity contribution in [3.8, 4) is 0 Å². The lowest BCUT2D eigenvalue weighted by Crippen LogP contribution is -2.35. The van der Waals surface area contributed by atoms with E-state index in [9.17, 15) is 9.59 Å². The van der Waals surface area contributed by atoms with Gasteiger partial charge in [0.1, 0.15) is 5.15 Å². The zero-order chi connectivity index (χ0) is 21.6. The van der Waals surface area contributed by atoms with Gasteiger partial charge in [0.25, 0.3) is 11.8 Å². The molecule has 6 nitrogen and oxygen atoms in total. The quantitative estimate of drug-likeness (QED) is 0.554. The average Bonchev–Trinajstić information content (AvgIpc) is 3.52. The summed E-state index contributed by atoms with van der Waals surface area (Å²) in [6, 6.07) is 9.18. The first kappa shape index (κ1) is 20.4. The second-order valence-electron chi connectivity index (χ2n) is 8.51. The van der Waals surface area contributed by atoms with Crippen LogP contribution in [0, 0.1) is 5.41 Å². The molecule has 1 spiro atoms. The normalized spacial score (nSPS) is 20.8. The maximum atomic E-state index is 13.1. The molecule has 1 aromatic carbocycles. The van der Waals surface area contributed by atoms with Crippen molar-refractivity contribution in [3.63, 3.8) is 0 Å². The average molecular weight is 455 g/mol. The predicted octanol–water partition coefficient (Wildman–Crippen LogP) is 4.29. The zero-order valence-electron chi connectivity index (χ0n) is 17.3. The molecule has 2 fully saturated rings. The van der Waals surface area contributed by atoms with E-state index >= 15 is 0 Å². The molecule has 5 rings (SSSR count). The van der Waals surface area contributed by atoms with E-state index < -0.39 is 0 Å². The minimum absolute atomic E-state index is 0.00343. The molecule has 2 aliphatic heterocycles. The van der Waals surface area contributed by atoms with Crippen LogP contribution in [0.15, 0.2) is 35.8 Å². The number of hydrogen-bond donors (Lipinski definition) is 0. The molecule has 0 aliphatic carbocycles. The first-order valence-electron chi connectivity index (χ1n) is 10.5. The second-order valence-corrected chi connectivity index (χ2v) is 9.79. The number of thiazole rings is 1. The summed E-state index contributed by atoms with van der Waals surface area (Å²) in [6.07, 6.45) is 2.56. The highest BCUT2D eigenvalue weighted by molar-refractivity contribution is 7.16. The third kappa shape index (κ3) is 3.81. The number of likely N-dealkylation sites (tertiary alicyclic amines) is 2. The van der Waals surface area contributed by atoms with Crippen molar-refractivity contribution < 1.29 is 9.59 Å². The van der Waals surface area contributed by atoms with Crippen LogP contribution in [-0.4, -0.2) is 57.8 Å². The van der Waals surface area contributed by atoms with Crippen molar-refractivity contribution in [2.45, 2.75) is 26.2 Å². The maximum absolute atomic E-state index is 13.1. The first-order chi connectivity index (χ1) is 15.0. The van der Waals surface area contributed by atoms with E-state index in [1.807, 2.05) is 41.0 Å². The third-order valence-corrected chi connectivity index (χ3v) is 7.47. The molecule has 31 heavy (non-hydrogen) atoms. The molecule has 1 unspecified atom stereocenters. The van der Waals surface area contributed by atoms with Gasteiger partial charge in [0.2, 0.25) is 0 Å². The lowest BCUT2D eigenvalue weighted by Gasteiger charge is -2.25. The number of pyridine rings is 1. The van der Waals surface area contributed by atoms with Gasteiger partial charge in [0.05, 0.1) is 15.7 Å². The van der Waals surface area contributed by atoms with Crippen LogP contribution in [0.3, 0.4) is 0 Å². The van der Waals surface area contributed by atoms with Crippen molar-refractivity contribution >= 4 is 45.0 Å². The van der Waals surface area contributed by atoms with Crippen LogP contribution in [0.2, 0.25) is 5.15 Å². The molecule has 0 bridgehead atoms. The molecule has 0 saturated carbocycles. The van der Waals surface area contributed by atoms with Gasteiger partial charge in [-0.25, -0.2) is 9.97 Å². The van der Waals surface area contributed by atoms with Gasteiger partial charge in [-0.3, -0.25) is 9.59 Å². The Kier molecular flexibility index (Phi) is 5.18. The maximum Gasteiger partial charge on any atom is 0.254 e. The van der Waals surface area contributed by atoms with Crippen LogP contribution < -0.4 is 0 Å². The molecule has 2 aromatic heterocycles. The number of benzene rings is 1. The van der Waals surface area contributed by atoms with E-state index in [2.05, 4.69) is 9.97 Å². The van der Waals surface area contributed by atoms with Crippen molar-refractivity contribution in [2.24, 2.45) is 5.41 Å². The highest BCUT2D eigenvalue weighted by atomic mass is 35.5. The van der Waals surface area contributed by atoms with Gasteiger partial charge in [-0.1, -0.05) is 18.5 Å². The number of rotatable bonds is 3. The molecule has 0 radical (unpaired) electrons. The van der Waals surface area contributed by atoms with Gasteiger partial charge in [0.15, 0.2) is 0 Å². The fourth-order valence-corrected chi connectivity index (χ4v) is 5.70. The summed E-state index contributed by atoms with van der Waals surface area (Å²) >= 11 is 7.66. The Bertz CT molecular complexity index is 1180. The number of aryl methyl sites for hydroxylation is 1. The number of hydrogen-bond acceptors (Lipinski definition) is 5. The lowest BCUT2D eigenvalue weighted by atomic mass is 9.86. The van der Waals surface area contributed by atoms with Crippen LogP contribution in [-0.2, 0) is 6.42 Å². The SMILES string of the molecule is CCc1cc(C(=O)N2CCC3(CCN(C(=O)c4ccc5ncsc5c4)C3)C2)cc(Cl)n1. The Morgan fingerprint density at radius 1 is 1.06 bits per heavy atom. The number of amides is 2. The minimum Gasteiger partial charge on any atom is -0.338 e. The van der Waals surface area contributed by atoms with Gasteiger partial charge in [-0.05, 0) is 49.6 Å². The molecule has 160 valence electrons. The van der Waals surface area contributed by atoms with E-state index in [1.165, 1.54) is 0 Å². The Balaban J connectivity index is 1.28. The van der Waals surface area contributed by atoms with Crippen molar-refractivity contribution in [1.82, 2.24) is 19.8 Å². The Labute approximate surface area is 189 Å². The van der Waals surface area contributed by atoms with Crippen molar-refractivity contribution in [2.75, 3.05) is 26.2 Å². The summed E-state index contributed by atoms with van der Waals surface area (Å²) in [6.45, 7) is 4.78. The monoisotopic (exact) mass is 454 g/mol. The summed E-state index contributed by atoms with van der Waals surface area (Å²) < 4.78 is 1.03. The van der Waals surface area contributed by atoms with E-state index in [1.54, 1.807) is 22.9 Å². The molecular weight excluding hydrogens is 432 g/mol. The van der Waals surface area contributed by atoms with E-state index in [0.717, 1.165) is 41.7 Å². The largest absolute Gasteiger partial charge is 0.338 e. The summed E-state index contributed by atoms with van der Waals surface area (Å²) in [7, 11) is 0. The highest BCUT2D eigenvalue weighted by Gasteiger charge is 2.46. The topological polar surface area (TPSA) is 66.4 Å². The smallest absolute Gasteiger partial charge is 0.254 e. The van der Waals surface area contributed by atoms with Gasteiger partial charge in [0, 0.05) is 48.4 Å². The fourth-order valence-electron chi connectivity index (χ4n) is 4.76. The molecule has 3 aromatic rings. The number of fused-ring (bicyclic) bond motifs is 1. The van der Waals surface area contributed by atoms with E-state index in [4.69, 9.17) is 11.6 Å². The van der Waals surface area contributed by atoms with Crippen molar-refractivity contribution in [1.29, 1.82) is 0 Å². The molecular formula is C23H23ClN4O2S. The van der Waals surface area contributed by atoms with Crippen LogP contribution in [0.25, 0.3) is 10.2 Å². The Morgan fingerprint density at radius 2 is 1.77 bits per heavy atom. The number of carbonyl (C=O) groups excluding carboxylic acids is 2. The summed E-state index contributed by atoms with van der Waals surface area (Å²) in [5.41, 5.74) is 4.82. The summed E-state index contributed by atoms with van der Waals surface area (Å²) in [5, 5.41) is 0.354. The number of aromatic nitrogens is 2. The minimum atomic E-state index is -0.0235. The van der Waals surface area contributed by atoms with Crippen molar-refractivity contribution in [3.05, 3.63) is 57.8 Å². The predicted molar refractivity (Wildman–Crippen MR) is 122 cm³/mol. The molecule has 1 atom stereocenters. The lowest BCUT2D eigenvalue weighted by molar-refractivity contribution is 0.0755. The molecule has 2 saturated heterocycles. The van der Waals surface area contributed by atoms with Crippen LogP contribution in [0.4, 0.5) is 0 Å². The molecule has 0 N–H and O–H groups in total. The van der Waals surface area contributed by atoms with Gasteiger partial charge < -0.3 is 9.80 Å². The second kappa shape index (κ2) is 7.88. The van der Waals surface area contributed by atoms with Gasteiger partial charge in [-0.2, -0.15) is 0 Å². The number of halogens is 1. The third-order valence-electron chi connectivity index (χ3n) is 6.49. The van der Waals surface area contributed by atoms with Gasteiger partial charge in [-0.15, -0.1) is 11.3 Å². The highest BCUT2D eigenvalue weighted by Crippen LogP contribution is 2.40. The fraction of sp³-hybridized carbons (Fsp3) is 0.391. The van der Waals surface area contributed by atoms with Crippen LogP contribution in [0.1, 0.15) is 46.2 Å². The van der Waals surface area contributed by atoms with Gasteiger partial charge >= 0.3 is 0 Å². The summed E-state index contributed by atoms with van der Waals surface area (Å²) in [5.74, 6) is 0.0572. The molecule has 2 aliphatic rings. The summed E-state index contributed by atoms with van der Waals surface area (Å²) in [4.78, 5) is 38.6. The zero-order valence-corrected chi connectivity index (χ0v) is 18.9. The van der Waals surface area contributed by atoms with E-state index in [-0.39, 0.29) is 17.2 Å². The number of nitrogens with zero attached hydrogens (tertiary/aromatic N) is 4. The van der Waals surface area contributed by atoms with E-state index in [0.29, 0.717) is 35.9 Å².